The average Bonchev–Trinajstić information content (AvgIpc) is 2.65. The van der Waals surface area contributed by atoms with Crippen LogP contribution in [0.3, 0.4) is 0 Å². The smallest absolute Gasteiger partial charge is 0.0125 e. The Bertz CT molecular complexity index is 461. The number of aryl methyl sites for hydroxylation is 1. The fourth-order valence-corrected chi connectivity index (χ4v) is 5.60. The molecule has 2 saturated carbocycles. The van der Waals surface area contributed by atoms with Crippen molar-refractivity contribution in [3.63, 3.8) is 0 Å². The van der Waals surface area contributed by atoms with E-state index < -0.39 is 0 Å². The molecule has 3 aliphatic rings. The van der Waals surface area contributed by atoms with Crippen molar-refractivity contribution in [2.24, 2.45) is 17.8 Å². The fourth-order valence-electron chi connectivity index (χ4n) is 5.60. The van der Waals surface area contributed by atoms with Gasteiger partial charge in [0.25, 0.3) is 0 Å². The lowest BCUT2D eigenvalue weighted by atomic mass is 9.74. The minimum Gasteiger partial charge on any atom is -0.0620 e. The van der Waals surface area contributed by atoms with E-state index in [4.69, 9.17) is 0 Å². The summed E-state index contributed by atoms with van der Waals surface area (Å²) in [4.78, 5) is 0. The Kier molecular flexibility index (Phi) is 3.58. The molecule has 1 aromatic carbocycles. The molecule has 0 spiro atoms. The topological polar surface area (TPSA) is 0 Å². The molecule has 108 valence electrons. The number of hydrogen-bond donors (Lipinski definition) is 0. The Balaban J connectivity index is 1.61. The van der Waals surface area contributed by atoms with Gasteiger partial charge in [0.1, 0.15) is 0 Å². The van der Waals surface area contributed by atoms with Gasteiger partial charge in [-0.05, 0) is 60.5 Å². The van der Waals surface area contributed by atoms with E-state index in [0.29, 0.717) is 0 Å². The van der Waals surface area contributed by atoms with Crippen molar-refractivity contribution in [2.75, 3.05) is 0 Å². The van der Waals surface area contributed by atoms with E-state index in [9.17, 15) is 0 Å². The summed E-state index contributed by atoms with van der Waals surface area (Å²) in [6.45, 7) is 0. The van der Waals surface area contributed by atoms with E-state index in [2.05, 4.69) is 24.3 Å². The first-order chi connectivity index (χ1) is 9.92. The molecule has 4 atom stereocenters. The van der Waals surface area contributed by atoms with Gasteiger partial charge in [-0.25, -0.2) is 0 Å². The maximum atomic E-state index is 2.44. The monoisotopic (exact) mass is 268 g/mol. The van der Waals surface area contributed by atoms with Gasteiger partial charge in [-0.2, -0.15) is 0 Å². The fraction of sp³-hybridized carbons (Fsp3) is 0.700. The van der Waals surface area contributed by atoms with Crippen molar-refractivity contribution in [3.8, 4) is 0 Å². The Labute approximate surface area is 124 Å². The van der Waals surface area contributed by atoms with Gasteiger partial charge in [-0.3, -0.25) is 0 Å². The Morgan fingerprint density at radius 2 is 1.65 bits per heavy atom. The predicted octanol–water partition coefficient (Wildman–Crippen LogP) is 5.71. The minimum absolute atomic E-state index is 0.896. The van der Waals surface area contributed by atoms with Gasteiger partial charge in [0.2, 0.25) is 0 Å². The average molecular weight is 268 g/mol. The van der Waals surface area contributed by atoms with Gasteiger partial charge in [0.15, 0.2) is 0 Å². The van der Waals surface area contributed by atoms with E-state index >= 15 is 0 Å². The summed E-state index contributed by atoms with van der Waals surface area (Å²) in [5.41, 5.74) is 3.38. The number of hydrogen-bond acceptors (Lipinski definition) is 0. The van der Waals surface area contributed by atoms with Gasteiger partial charge < -0.3 is 0 Å². The summed E-state index contributed by atoms with van der Waals surface area (Å²) in [7, 11) is 0. The van der Waals surface area contributed by atoms with Crippen LogP contribution in [0.2, 0.25) is 0 Å². The zero-order valence-electron chi connectivity index (χ0n) is 12.7. The van der Waals surface area contributed by atoms with Crippen molar-refractivity contribution in [2.45, 2.75) is 70.1 Å². The molecule has 0 N–H and O–H groups in total. The molecule has 0 heteroatoms. The minimum atomic E-state index is 0.896. The van der Waals surface area contributed by atoms with E-state index in [-0.39, 0.29) is 0 Å². The molecule has 0 amide bonds. The largest absolute Gasteiger partial charge is 0.0620 e. The van der Waals surface area contributed by atoms with E-state index in [1.807, 2.05) is 0 Å². The standard InChI is InChI=1S/C20H28/c1-2-9-17-14-15(6-1)7-5-11-19(17)20-13-12-16-8-3-4-10-18(16)20/h3-4,8,10,15,17,19-20H,1-2,5-7,9,11-14H2. The van der Waals surface area contributed by atoms with Crippen molar-refractivity contribution in [1.29, 1.82) is 0 Å². The van der Waals surface area contributed by atoms with E-state index in [1.165, 1.54) is 57.8 Å². The van der Waals surface area contributed by atoms with Crippen LogP contribution in [0.5, 0.6) is 0 Å². The third-order valence-corrected chi connectivity index (χ3v) is 6.52. The molecule has 20 heavy (non-hydrogen) atoms. The highest BCUT2D eigenvalue weighted by Gasteiger charge is 2.37. The Morgan fingerprint density at radius 3 is 2.65 bits per heavy atom. The third-order valence-electron chi connectivity index (χ3n) is 6.52. The van der Waals surface area contributed by atoms with Crippen LogP contribution in [0.1, 0.15) is 74.8 Å². The first-order valence-electron chi connectivity index (χ1n) is 8.99. The number of benzene rings is 1. The SMILES string of the molecule is c1ccc2c(c1)CCC2C1CCCC2CCCCC1C2. The van der Waals surface area contributed by atoms with Gasteiger partial charge in [-0.1, -0.05) is 62.8 Å². The molecule has 0 nitrogen and oxygen atoms in total. The van der Waals surface area contributed by atoms with Gasteiger partial charge in [-0.15, -0.1) is 0 Å². The molecular formula is C20H28. The van der Waals surface area contributed by atoms with Crippen LogP contribution < -0.4 is 0 Å². The van der Waals surface area contributed by atoms with Crippen LogP contribution in [0, 0.1) is 17.8 Å². The molecule has 0 aliphatic heterocycles. The highest BCUT2D eigenvalue weighted by molar-refractivity contribution is 5.35. The summed E-state index contributed by atoms with van der Waals surface area (Å²) >= 11 is 0. The Hall–Kier alpha value is -0.780. The maximum Gasteiger partial charge on any atom is -0.0125 e. The summed E-state index contributed by atoms with van der Waals surface area (Å²) in [5, 5.41) is 0. The Morgan fingerprint density at radius 1 is 0.800 bits per heavy atom. The lowest BCUT2D eigenvalue weighted by molar-refractivity contribution is 0.241. The summed E-state index contributed by atoms with van der Waals surface area (Å²) in [6, 6.07) is 9.31. The van der Waals surface area contributed by atoms with Crippen LogP contribution in [0.25, 0.3) is 0 Å². The molecule has 0 saturated heterocycles. The van der Waals surface area contributed by atoms with Crippen molar-refractivity contribution < 1.29 is 0 Å². The highest BCUT2D eigenvalue weighted by Crippen LogP contribution is 2.49. The highest BCUT2D eigenvalue weighted by atomic mass is 14.4. The molecule has 4 unspecified atom stereocenters. The molecule has 0 radical (unpaired) electrons. The molecular weight excluding hydrogens is 240 g/mol. The molecule has 2 bridgehead atoms. The van der Waals surface area contributed by atoms with Crippen LogP contribution in [-0.4, -0.2) is 0 Å². The summed E-state index contributed by atoms with van der Waals surface area (Å²) < 4.78 is 0. The third kappa shape index (κ3) is 2.32. The molecule has 3 aliphatic carbocycles. The van der Waals surface area contributed by atoms with Gasteiger partial charge >= 0.3 is 0 Å². The number of rotatable bonds is 1. The predicted molar refractivity (Wildman–Crippen MR) is 84.9 cm³/mol. The molecule has 2 fully saturated rings. The summed E-state index contributed by atoms with van der Waals surface area (Å²) in [5.74, 6) is 4.01. The van der Waals surface area contributed by atoms with Crippen LogP contribution in [0.15, 0.2) is 24.3 Å². The van der Waals surface area contributed by atoms with E-state index in [0.717, 1.165) is 23.7 Å². The lowest BCUT2D eigenvalue weighted by Crippen LogP contribution is -2.20. The van der Waals surface area contributed by atoms with E-state index in [1.54, 1.807) is 17.5 Å². The molecule has 1 aromatic rings. The summed E-state index contributed by atoms with van der Waals surface area (Å²) in [6.07, 6.45) is 15.0. The number of fused-ring (bicyclic) bond motifs is 3. The molecule has 4 rings (SSSR count). The second-order valence-electron chi connectivity index (χ2n) is 7.59. The molecule has 0 aromatic heterocycles. The van der Waals surface area contributed by atoms with Crippen LogP contribution in [-0.2, 0) is 6.42 Å². The van der Waals surface area contributed by atoms with Crippen LogP contribution >= 0.6 is 0 Å². The van der Waals surface area contributed by atoms with Crippen molar-refractivity contribution >= 4 is 0 Å². The first kappa shape index (κ1) is 12.9. The zero-order valence-corrected chi connectivity index (χ0v) is 12.7. The van der Waals surface area contributed by atoms with Crippen molar-refractivity contribution in [3.05, 3.63) is 35.4 Å². The zero-order chi connectivity index (χ0) is 13.4. The van der Waals surface area contributed by atoms with Gasteiger partial charge in [0.05, 0.1) is 0 Å². The quantitative estimate of drug-likeness (QED) is 0.611. The van der Waals surface area contributed by atoms with Crippen molar-refractivity contribution in [1.82, 2.24) is 0 Å². The maximum absolute atomic E-state index is 2.44. The second-order valence-corrected chi connectivity index (χ2v) is 7.59. The lowest BCUT2D eigenvalue weighted by Gasteiger charge is -2.31. The first-order valence-corrected chi connectivity index (χ1v) is 8.99. The van der Waals surface area contributed by atoms with Gasteiger partial charge in [0, 0.05) is 0 Å². The molecule has 0 heterocycles. The second kappa shape index (κ2) is 5.54. The van der Waals surface area contributed by atoms with Crippen LogP contribution in [0.4, 0.5) is 0 Å². The normalized spacial score (nSPS) is 37.0.